The van der Waals surface area contributed by atoms with E-state index in [-0.39, 0.29) is 29.2 Å². The van der Waals surface area contributed by atoms with Gasteiger partial charge in [-0.1, -0.05) is 6.58 Å². The second kappa shape index (κ2) is 4.30. The van der Waals surface area contributed by atoms with Gasteiger partial charge in [0.05, 0.1) is 24.0 Å². The van der Waals surface area contributed by atoms with E-state index in [4.69, 9.17) is 9.47 Å². The maximum atomic E-state index is 13.0. The Balaban J connectivity index is 1.75. The number of hydrogen-bond acceptors (Lipinski definition) is 5. The lowest BCUT2D eigenvalue weighted by atomic mass is 9.60. The van der Waals surface area contributed by atoms with Crippen LogP contribution in [0.15, 0.2) is 12.2 Å². The molecule has 1 N–H and O–H groups in total. The molecule has 5 nitrogen and oxygen atoms in total. The van der Waals surface area contributed by atoms with E-state index in [1.54, 1.807) is 0 Å². The number of fused-ring (bicyclic) bond motifs is 1. The quantitative estimate of drug-likeness (QED) is 0.583. The summed E-state index contributed by atoms with van der Waals surface area (Å²) in [5, 5.41) is 11.1. The molecule has 4 aliphatic carbocycles. The molecule has 0 aromatic rings. The van der Waals surface area contributed by atoms with Crippen molar-refractivity contribution in [2.75, 3.05) is 7.11 Å². The Bertz CT molecular complexity index is 715. The Kier molecular flexibility index (Phi) is 2.73. The van der Waals surface area contributed by atoms with Gasteiger partial charge in [0, 0.05) is 11.8 Å². The van der Waals surface area contributed by atoms with Crippen molar-refractivity contribution in [1.29, 1.82) is 0 Å². The molecule has 25 heavy (non-hydrogen) atoms. The van der Waals surface area contributed by atoms with Crippen LogP contribution < -0.4 is 0 Å². The molecule has 136 valence electrons. The first kappa shape index (κ1) is 15.9. The fraction of sp³-hybridized carbons (Fsp3) is 0.800. The highest BCUT2D eigenvalue weighted by atomic mass is 16.6. The average Bonchev–Trinajstić information content (AvgIpc) is 2.95. The molecule has 1 heterocycles. The first-order chi connectivity index (χ1) is 11.7. The van der Waals surface area contributed by atoms with Crippen molar-refractivity contribution in [3.05, 3.63) is 12.2 Å². The van der Waals surface area contributed by atoms with Crippen LogP contribution in [0.2, 0.25) is 0 Å². The Morgan fingerprint density at radius 3 is 2.84 bits per heavy atom. The second-order valence-electron chi connectivity index (χ2n) is 9.41. The van der Waals surface area contributed by atoms with Crippen LogP contribution in [0.1, 0.15) is 51.9 Å². The summed E-state index contributed by atoms with van der Waals surface area (Å²) < 4.78 is 11.4. The zero-order valence-electron chi connectivity index (χ0n) is 15.0. The molecule has 7 unspecified atom stereocenters. The number of ether oxygens (including phenoxy) is 2. The van der Waals surface area contributed by atoms with E-state index in [0.717, 1.165) is 31.3 Å². The lowest BCUT2D eigenvalue weighted by molar-refractivity contribution is -0.163. The van der Waals surface area contributed by atoms with E-state index in [0.29, 0.717) is 19.3 Å². The van der Waals surface area contributed by atoms with Crippen LogP contribution in [0.25, 0.3) is 0 Å². The second-order valence-corrected chi connectivity index (χ2v) is 9.41. The first-order valence-electron chi connectivity index (χ1n) is 9.45. The van der Waals surface area contributed by atoms with E-state index in [9.17, 15) is 14.7 Å². The highest BCUT2D eigenvalue weighted by Gasteiger charge is 2.82. The van der Waals surface area contributed by atoms with E-state index >= 15 is 0 Å². The largest absolute Gasteiger partial charge is 0.469 e. The van der Waals surface area contributed by atoms with Crippen molar-refractivity contribution in [3.63, 3.8) is 0 Å². The van der Waals surface area contributed by atoms with Crippen LogP contribution in [0, 0.1) is 28.6 Å². The third kappa shape index (κ3) is 1.48. The van der Waals surface area contributed by atoms with Gasteiger partial charge in [-0.25, -0.2) is 0 Å². The number of rotatable bonds is 1. The minimum absolute atomic E-state index is 0.111. The standard InChI is InChI=1S/C20H26O5/c1-11-9-18-10-19(11,23)8-5-12(18)20-7-4-6-17(2,16(22)25-20)14(20)13(18)15(21)24-3/h12-14,23H,1,4-10H2,2-3H3. The van der Waals surface area contributed by atoms with Gasteiger partial charge >= 0.3 is 11.9 Å². The van der Waals surface area contributed by atoms with E-state index in [2.05, 4.69) is 6.58 Å². The van der Waals surface area contributed by atoms with Gasteiger partial charge < -0.3 is 14.6 Å². The van der Waals surface area contributed by atoms with E-state index in [1.807, 2.05) is 6.92 Å². The molecule has 7 atom stereocenters. The molecule has 0 radical (unpaired) electrons. The van der Waals surface area contributed by atoms with Gasteiger partial charge in [-0.05, 0) is 62.9 Å². The van der Waals surface area contributed by atoms with Gasteiger partial charge in [0.1, 0.15) is 5.60 Å². The van der Waals surface area contributed by atoms with Gasteiger partial charge in [0.25, 0.3) is 0 Å². The lowest BCUT2D eigenvalue weighted by Gasteiger charge is -2.45. The first-order valence-corrected chi connectivity index (χ1v) is 9.45. The molecule has 5 fully saturated rings. The number of carbonyl (C=O) groups is 2. The predicted molar refractivity (Wildman–Crippen MR) is 88.3 cm³/mol. The van der Waals surface area contributed by atoms with Crippen molar-refractivity contribution >= 4 is 11.9 Å². The molecule has 1 aliphatic heterocycles. The summed E-state index contributed by atoms with van der Waals surface area (Å²) in [4.78, 5) is 25.8. The zero-order chi connectivity index (χ0) is 17.8. The molecule has 1 spiro atoms. The SMILES string of the molecule is C=C1CC23CC1(O)CCC2C12CCCC(C)(C(=O)O1)C2C3C(=O)OC. The smallest absolute Gasteiger partial charge is 0.312 e. The molecule has 1 saturated heterocycles. The van der Waals surface area contributed by atoms with E-state index < -0.39 is 22.5 Å². The molecule has 0 aromatic heterocycles. The highest BCUT2D eigenvalue weighted by Crippen LogP contribution is 2.78. The summed E-state index contributed by atoms with van der Waals surface area (Å²) in [7, 11) is 1.42. The Morgan fingerprint density at radius 2 is 2.12 bits per heavy atom. The maximum Gasteiger partial charge on any atom is 0.312 e. The van der Waals surface area contributed by atoms with Crippen molar-refractivity contribution in [1.82, 2.24) is 0 Å². The fourth-order valence-electron chi connectivity index (χ4n) is 7.80. The van der Waals surface area contributed by atoms with Gasteiger partial charge in [0.2, 0.25) is 0 Å². The summed E-state index contributed by atoms with van der Waals surface area (Å²) in [5.41, 5.74) is -1.60. The number of aliphatic hydroxyl groups is 1. The van der Waals surface area contributed by atoms with Crippen LogP contribution in [0.4, 0.5) is 0 Å². The molecule has 5 aliphatic rings. The van der Waals surface area contributed by atoms with Crippen molar-refractivity contribution in [2.24, 2.45) is 28.6 Å². The molecule has 5 heteroatoms. The minimum atomic E-state index is -0.878. The minimum Gasteiger partial charge on any atom is -0.469 e. The molecule has 5 rings (SSSR count). The van der Waals surface area contributed by atoms with Gasteiger partial charge in [-0.2, -0.15) is 0 Å². The monoisotopic (exact) mass is 346 g/mol. The number of methoxy groups -OCH3 is 1. The van der Waals surface area contributed by atoms with Crippen LogP contribution in [-0.2, 0) is 19.1 Å². The van der Waals surface area contributed by atoms with Crippen molar-refractivity contribution in [2.45, 2.75) is 63.1 Å². The molecule has 4 saturated carbocycles. The van der Waals surface area contributed by atoms with Crippen molar-refractivity contribution in [3.8, 4) is 0 Å². The summed E-state index contributed by atoms with van der Waals surface area (Å²) in [6.07, 6.45) is 5.15. The van der Waals surface area contributed by atoms with Crippen molar-refractivity contribution < 1.29 is 24.2 Å². The van der Waals surface area contributed by atoms with Gasteiger partial charge in [-0.15, -0.1) is 0 Å². The maximum absolute atomic E-state index is 13.0. The van der Waals surface area contributed by atoms with E-state index in [1.165, 1.54) is 7.11 Å². The Morgan fingerprint density at radius 1 is 1.36 bits per heavy atom. The number of hydrogen-bond donors (Lipinski definition) is 1. The third-order valence-corrected chi connectivity index (χ3v) is 8.59. The summed E-state index contributed by atoms with van der Waals surface area (Å²) in [5.74, 6) is -0.823. The molecule has 0 aromatic carbocycles. The topological polar surface area (TPSA) is 72.8 Å². The number of carbonyl (C=O) groups excluding carboxylic acids is 2. The van der Waals surface area contributed by atoms with Crippen LogP contribution in [-0.4, -0.2) is 35.4 Å². The van der Waals surface area contributed by atoms with Gasteiger partial charge in [-0.3, -0.25) is 9.59 Å². The normalized spacial score (nSPS) is 55.6. The summed E-state index contributed by atoms with van der Waals surface area (Å²) >= 11 is 0. The Hall–Kier alpha value is -1.36. The summed E-state index contributed by atoms with van der Waals surface area (Å²) in [6.45, 7) is 6.12. The highest BCUT2D eigenvalue weighted by molar-refractivity contribution is 5.85. The molecule has 0 amide bonds. The predicted octanol–water partition coefficient (Wildman–Crippen LogP) is 2.37. The molecular weight excluding hydrogens is 320 g/mol. The summed E-state index contributed by atoms with van der Waals surface area (Å²) in [6, 6.07) is 0. The van der Waals surface area contributed by atoms with Gasteiger partial charge in [0.15, 0.2) is 0 Å². The lowest BCUT2D eigenvalue weighted by Crippen LogP contribution is -2.48. The third-order valence-electron chi connectivity index (χ3n) is 8.59. The van der Waals surface area contributed by atoms with Crippen LogP contribution >= 0.6 is 0 Å². The van der Waals surface area contributed by atoms with Crippen LogP contribution in [0.5, 0.6) is 0 Å². The Labute approximate surface area is 147 Å². The fourth-order valence-corrected chi connectivity index (χ4v) is 7.80. The average molecular weight is 346 g/mol. The molecular formula is C20H26O5. The number of esters is 2. The molecule has 4 bridgehead atoms. The zero-order valence-corrected chi connectivity index (χ0v) is 15.0. The van der Waals surface area contributed by atoms with Crippen LogP contribution in [0.3, 0.4) is 0 Å².